The molecule has 2 heterocycles. The Bertz CT molecular complexity index is 825. The summed E-state index contributed by atoms with van der Waals surface area (Å²) in [6.07, 6.45) is 5.40. The van der Waals surface area contributed by atoms with Crippen molar-refractivity contribution in [3.63, 3.8) is 0 Å². The lowest BCUT2D eigenvalue weighted by atomic mass is 10.1. The summed E-state index contributed by atoms with van der Waals surface area (Å²) in [6.45, 7) is 2.35. The summed E-state index contributed by atoms with van der Waals surface area (Å²) >= 11 is 1.24. The van der Waals surface area contributed by atoms with Crippen LogP contribution in [0.15, 0.2) is 11.1 Å². The number of nitrogens with one attached hydrogen (secondary N) is 1. The molecule has 0 saturated heterocycles. The molecule has 0 bridgehead atoms. The molecule has 0 aliphatic rings. The smallest absolute Gasteiger partial charge is 0.305 e. The van der Waals surface area contributed by atoms with Gasteiger partial charge in [0.05, 0.1) is 23.7 Å². The van der Waals surface area contributed by atoms with E-state index in [4.69, 9.17) is 0 Å². The highest BCUT2D eigenvalue weighted by atomic mass is 32.1. The van der Waals surface area contributed by atoms with Crippen LogP contribution in [-0.2, 0) is 16.6 Å². The van der Waals surface area contributed by atoms with E-state index in [9.17, 15) is 14.4 Å². The Morgan fingerprint density at radius 2 is 2.00 bits per heavy atom. The first-order valence-electron chi connectivity index (χ1n) is 8.25. The normalized spacial score (nSPS) is 10.8. The van der Waals surface area contributed by atoms with E-state index in [-0.39, 0.29) is 17.4 Å². The Labute approximate surface area is 150 Å². The second-order valence-electron chi connectivity index (χ2n) is 5.89. The van der Waals surface area contributed by atoms with E-state index < -0.39 is 0 Å². The molecule has 0 atom stereocenters. The number of unbranched alkanes of at least 4 members (excludes halogenated alkanes) is 3. The van der Waals surface area contributed by atoms with Crippen LogP contribution in [0.25, 0.3) is 10.2 Å². The van der Waals surface area contributed by atoms with Crippen molar-refractivity contribution in [2.75, 3.05) is 13.7 Å². The van der Waals surface area contributed by atoms with Gasteiger partial charge in [-0.2, -0.15) is 0 Å². The number of nitrogens with zero attached hydrogens (tertiary/aromatic N) is 2. The van der Waals surface area contributed by atoms with Crippen LogP contribution < -0.4 is 10.9 Å². The van der Waals surface area contributed by atoms with Gasteiger partial charge in [0.25, 0.3) is 11.5 Å². The molecule has 1 amide bonds. The number of aryl methyl sites for hydroxylation is 2. The van der Waals surface area contributed by atoms with Gasteiger partial charge in [-0.15, -0.1) is 11.3 Å². The Balaban J connectivity index is 1.85. The number of hydrogen-bond acceptors (Lipinski definition) is 6. The molecule has 0 spiro atoms. The molecule has 25 heavy (non-hydrogen) atoms. The maximum Gasteiger partial charge on any atom is 0.305 e. The fraction of sp³-hybridized carbons (Fsp3) is 0.529. The topological polar surface area (TPSA) is 90.3 Å². The van der Waals surface area contributed by atoms with Crippen molar-refractivity contribution in [2.45, 2.75) is 39.0 Å². The molecular formula is C17H23N3O4S. The predicted octanol–water partition coefficient (Wildman–Crippen LogP) is 2.16. The summed E-state index contributed by atoms with van der Waals surface area (Å²) in [6, 6.07) is 0. The first-order chi connectivity index (χ1) is 12.0. The molecule has 2 aromatic rings. The third kappa shape index (κ3) is 4.66. The number of carbonyl (C=O) groups excluding carboxylic acids is 2. The minimum absolute atomic E-state index is 0.136. The van der Waals surface area contributed by atoms with Crippen molar-refractivity contribution in [1.82, 2.24) is 14.9 Å². The van der Waals surface area contributed by atoms with Crippen LogP contribution in [-0.4, -0.2) is 35.1 Å². The zero-order valence-corrected chi connectivity index (χ0v) is 15.6. The number of rotatable bonds is 8. The molecule has 7 nitrogen and oxygen atoms in total. The van der Waals surface area contributed by atoms with Crippen LogP contribution in [0, 0.1) is 6.92 Å². The first-order valence-corrected chi connectivity index (χ1v) is 9.07. The van der Waals surface area contributed by atoms with Gasteiger partial charge in [0.1, 0.15) is 4.83 Å². The quantitative estimate of drug-likeness (QED) is 0.572. The number of thiophene rings is 1. The Hall–Kier alpha value is -2.22. The molecule has 0 fully saturated rings. The molecule has 1 N–H and O–H groups in total. The Morgan fingerprint density at radius 3 is 2.72 bits per heavy atom. The molecule has 0 radical (unpaired) electrons. The van der Waals surface area contributed by atoms with E-state index in [2.05, 4.69) is 15.0 Å². The minimum atomic E-state index is -0.187. The summed E-state index contributed by atoms with van der Waals surface area (Å²) in [5.41, 5.74) is 0.549. The lowest BCUT2D eigenvalue weighted by Gasteiger charge is -2.04. The minimum Gasteiger partial charge on any atom is -0.469 e. The molecule has 136 valence electrons. The van der Waals surface area contributed by atoms with E-state index in [1.807, 2.05) is 0 Å². The standard InChI is InChI=1S/C17H23N3O4S/c1-11-13-16(19-10-20(2)17(13)23)25-14(11)15(22)18-9-7-5-4-6-8-12(21)24-3/h10H,4-9H2,1-3H3,(H,18,22). The summed E-state index contributed by atoms with van der Waals surface area (Å²) in [7, 11) is 3.03. The van der Waals surface area contributed by atoms with Gasteiger partial charge in [-0.1, -0.05) is 12.8 Å². The summed E-state index contributed by atoms with van der Waals surface area (Å²) in [5, 5.41) is 3.41. The number of hydrogen-bond donors (Lipinski definition) is 1. The maximum atomic E-state index is 12.3. The van der Waals surface area contributed by atoms with Gasteiger partial charge >= 0.3 is 5.97 Å². The van der Waals surface area contributed by atoms with Crippen molar-refractivity contribution in [1.29, 1.82) is 0 Å². The van der Waals surface area contributed by atoms with Crippen molar-refractivity contribution in [3.05, 3.63) is 27.1 Å². The van der Waals surface area contributed by atoms with Crippen molar-refractivity contribution in [3.8, 4) is 0 Å². The third-order valence-corrected chi connectivity index (χ3v) is 5.24. The SMILES string of the molecule is COC(=O)CCCCCCNC(=O)c1sc2ncn(C)c(=O)c2c1C. The molecule has 2 rings (SSSR count). The number of aromatic nitrogens is 2. The van der Waals surface area contributed by atoms with Gasteiger partial charge in [0.15, 0.2) is 0 Å². The van der Waals surface area contributed by atoms with Gasteiger partial charge in [0.2, 0.25) is 0 Å². The van der Waals surface area contributed by atoms with Gasteiger partial charge in [0, 0.05) is 20.0 Å². The lowest BCUT2D eigenvalue weighted by Crippen LogP contribution is -2.24. The number of amides is 1. The van der Waals surface area contributed by atoms with Crippen LogP contribution in [0.5, 0.6) is 0 Å². The summed E-state index contributed by atoms with van der Waals surface area (Å²) in [4.78, 5) is 40.9. The number of methoxy groups -OCH3 is 1. The molecule has 8 heteroatoms. The zero-order chi connectivity index (χ0) is 18.4. The second kappa shape index (κ2) is 8.75. The average molecular weight is 365 g/mol. The van der Waals surface area contributed by atoms with E-state index in [0.717, 1.165) is 25.7 Å². The van der Waals surface area contributed by atoms with E-state index in [0.29, 0.717) is 33.6 Å². The molecular weight excluding hydrogens is 342 g/mol. The van der Waals surface area contributed by atoms with Crippen molar-refractivity contribution < 1.29 is 14.3 Å². The van der Waals surface area contributed by atoms with E-state index in [1.54, 1.807) is 14.0 Å². The van der Waals surface area contributed by atoms with Gasteiger partial charge in [-0.3, -0.25) is 14.4 Å². The first kappa shape index (κ1) is 19.1. The fourth-order valence-electron chi connectivity index (χ4n) is 2.56. The highest BCUT2D eigenvalue weighted by Crippen LogP contribution is 2.26. The van der Waals surface area contributed by atoms with Crippen LogP contribution in [0.2, 0.25) is 0 Å². The molecule has 0 aromatic carbocycles. The number of fused-ring (bicyclic) bond motifs is 1. The van der Waals surface area contributed by atoms with Crippen LogP contribution in [0.3, 0.4) is 0 Å². The maximum absolute atomic E-state index is 12.3. The lowest BCUT2D eigenvalue weighted by molar-refractivity contribution is -0.140. The largest absolute Gasteiger partial charge is 0.469 e. The summed E-state index contributed by atoms with van der Waals surface area (Å²) < 4.78 is 6.00. The second-order valence-corrected chi connectivity index (χ2v) is 6.89. The Morgan fingerprint density at radius 1 is 1.28 bits per heavy atom. The fourth-order valence-corrected chi connectivity index (χ4v) is 3.61. The molecule has 2 aromatic heterocycles. The summed E-state index contributed by atoms with van der Waals surface area (Å²) in [5.74, 6) is -0.356. The number of carbonyl (C=O) groups is 2. The predicted molar refractivity (Wildman–Crippen MR) is 97.0 cm³/mol. The zero-order valence-electron chi connectivity index (χ0n) is 14.8. The van der Waals surface area contributed by atoms with Crippen molar-refractivity contribution >= 4 is 33.4 Å². The van der Waals surface area contributed by atoms with E-state index >= 15 is 0 Å². The number of ether oxygens (including phenoxy) is 1. The van der Waals surface area contributed by atoms with Gasteiger partial charge < -0.3 is 14.6 Å². The highest BCUT2D eigenvalue weighted by molar-refractivity contribution is 7.20. The van der Waals surface area contributed by atoms with Crippen LogP contribution >= 0.6 is 11.3 Å². The van der Waals surface area contributed by atoms with Crippen molar-refractivity contribution in [2.24, 2.45) is 7.05 Å². The van der Waals surface area contributed by atoms with E-state index in [1.165, 1.54) is 29.3 Å². The van der Waals surface area contributed by atoms with Gasteiger partial charge in [-0.05, 0) is 25.3 Å². The van der Waals surface area contributed by atoms with Crippen LogP contribution in [0.4, 0.5) is 0 Å². The third-order valence-electron chi connectivity index (χ3n) is 4.04. The van der Waals surface area contributed by atoms with Gasteiger partial charge in [-0.25, -0.2) is 4.98 Å². The highest BCUT2D eigenvalue weighted by Gasteiger charge is 2.18. The molecule has 0 unspecified atom stereocenters. The van der Waals surface area contributed by atoms with Crippen LogP contribution in [0.1, 0.15) is 47.3 Å². The molecule has 0 saturated carbocycles. The number of esters is 1. The molecule has 0 aliphatic heterocycles. The Kier molecular flexibility index (Phi) is 6.69. The molecule has 0 aliphatic carbocycles. The monoisotopic (exact) mass is 365 g/mol. The average Bonchev–Trinajstić information content (AvgIpc) is 2.94.